The van der Waals surface area contributed by atoms with E-state index in [9.17, 15) is 23.1 Å². The molecule has 0 saturated heterocycles. The monoisotopic (exact) mass is 540 g/mol. The van der Waals surface area contributed by atoms with Crippen LogP contribution < -0.4 is 0 Å². The molecular weight excluding hydrogens is 489 g/mol. The second kappa shape index (κ2) is 11.1. The lowest BCUT2D eigenvalue weighted by Crippen LogP contribution is -2.51. The van der Waals surface area contributed by atoms with Crippen LogP contribution in [0.15, 0.2) is 11.6 Å². The van der Waals surface area contributed by atoms with E-state index in [1.54, 1.807) is 0 Å². The van der Waals surface area contributed by atoms with E-state index in [4.69, 9.17) is 4.74 Å². The molecule has 0 spiro atoms. The van der Waals surface area contributed by atoms with Gasteiger partial charge in [-0.05, 0) is 104 Å². The first-order valence-electron chi connectivity index (χ1n) is 15.4. The van der Waals surface area contributed by atoms with Crippen LogP contribution in [-0.4, -0.2) is 29.5 Å². The first kappa shape index (κ1) is 29.9. The largest absolute Gasteiger partial charge is 0.460 e. The molecule has 0 bridgehead atoms. The number of aliphatic hydroxyl groups excluding tert-OH is 1. The van der Waals surface area contributed by atoms with Gasteiger partial charge in [-0.25, -0.2) is 4.79 Å². The first-order valence-corrected chi connectivity index (χ1v) is 15.4. The van der Waals surface area contributed by atoms with Gasteiger partial charge in [-0.15, -0.1) is 0 Å². The molecular formula is C32H51F3O3. The summed E-state index contributed by atoms with van der Waals surface area (Å²) in [6.07, 6.45) is 5.73. The number of alkyl halides is 3. The molecule has 1 N–H and O–H groups in total. The number of esters is 1. The fourth-order valence-electron chi connectivity index (χ4n) is 9.75. The van der Waals surface area contributed by atoms with Crippen LogP contribution in [0, 0.1) is 52.3 Å². The molecule has 3 fully saturated rings. The smallest absolute Gasteiger partial charge is 0.425 e. The maximum Gasteiger partial charge on any atom is 0.425 e. The van der Waals surface area contributed by atoms with Crippen molar-refractivity contribution in [2.24, 2.45) is 52.3 Å². The summed E-state index contributed by atoms with van der Waals surface area (Å²) in [5.41, 5.74) is 1.70. The van der Waals surface area contributed by atoms with Crippen LogP contribution in [0.3, 0.4) is 0 Å². The number of rotatable bonds is 8. The van der Waals surface area contributed by atoms with Gasteiger partial charge < -0.3 is 9.84 Å². The third-order valence-electron chi connectivity index (χ3n) is 12.1. The number of hydrogen-bond acceptors (Lipinski definition) is 3. The van der Waals surface area contributed by atoms with Crippen molar-refractivity contribution in [2.75, 3.05) is 0 Å². The van der Waals surface area contributed by atoms with Crippen molar-refractivity contribution in [3.63, 3.8) is 0 Å². The van der Waals surface area contributed by atoms with Gasteiger partial charge in [0.15, 0.2) is 0 Å². The Hall–Kier alpha value is -1.04. The van der Waals surface area contributed by atoms with Crippen molar-refractivity contribution in [2.45, 2.75) is 131 Å². The highest BCUT2D eigenvalue weighted by atomic mass is 19.4. The molecule has 38 heavy (non-hydrogen) atoms. The average Bonchev–Trinajstić information content (AvgIpc) is 3.20. The summed E-state index contributed by atoms with van der Waals surface area (Å²) in [5, 5.41) is 9.28. The Bertz CT molecular complexity index is 882. The van der Waals surface area contributed by atoms with Gasteiger partial charge in [0, 0.05) is 6.42 Å². The molecule has 3 saturated carbocycles. The van der Waals surface area contributed by atoms with Crippen molar-refractivity contribution >= 4 is 5.97 Å². The molecule has 0 aromatic carbocycles. The normalized spacial score (nSPS) is 39.4. The van der Waals surface area contributed by atoms with Crippen LogP contribution in [0.4, 0.5) is 13.2 Å². The van der Waals surface area contributed by atoms with Gasteiger partial charge in [-0.1, -0.05) is 66.0 Å². The molecule has 0 radical (unpaired) electrons. The zero-order chi connectivity index (χ0) is 28.0. The molecule has 1 unspecified atom stereocenters. The maximum absolute atomic E-state index is 12.7. The van der Waals surface area contributed by atoms with E-state index in [-0.39, 0.29) is 5.41 Å². The van der Waals surface area contributed by atoms with Crippen LogP contribution in [0.5, 0.6) is 0 Å². The maximum atomic E-state index is 12.7. The molecule has 0 aromatic heterocycles. The topological polar surface area (TPSA) is 46.5 Å². The SMILES string of the molecule is CC[C@H](CC[C@@H](C)[C@H]1CC[C@H]2[C@@H]3CC=C4C[C@@H](OC(=O)C(O)C(F)(F)F)CC[C@]4(C)[C@H]3CC[C@]12C)C(C)C. The predicted molar refractivity (Wildman–Crippen MR) is 144 cm³/mol. The van der Waals surface area contributed by atoms with Gasteiger partial charge in [0.2, 0.25) is 6.10 Å². The zero-order valence-electron chi connectivity index (χ0n) is 24.4. The van der Waals surface area contributed by atoms with Gasteiger partial charge in [0.25, 0.3) is 0 Å². The van der Waals surface area contributed by atoms with E-state index >= 15 is 0 Å². The Morgan fingerprint density at radius 1 is 1.08 bits per heavy atom. The third kappa shape index (κ3) is 5.46. The van der Waals surface area contributed by atoms with Gasteiger partial charge in [0.05, 0.1) is 0 Å². The fraction of sp³-hybridized carbons (Fsp3) is 0.906. The average molecular weight is 541 g/mol. The lowest BCUT2D eigenvalue weighted by molar-refractivity contribution is -0.221. The highest BCUT2D eigenvalue weighted by Gasteiger charge is 2.59. The second-order valence-corrected chi connectivity index (χ2v) is 14.2. The molecule has 0 amide bonds. The van der Waals surface area contributed by atoms with E-state index in [1.807, 2.05) is 0 Å². The zero-order valence-corrected chi connectivity index (χ0v) is 24.4. The highest BCUT2D eigenvalue weighted by Crippen LogP contribution is 2.67. The third-order valence-corrected chi connectivity index (χ3v) is 12.1. The molecule has 4 aliphatic carbocycles. The number of aliphatic hydroxyl groups is 1. The van der Waals surface area contributed by atoms with E-state index in [1.165, 1.54) is 50.5 Å². The number of allylic oxidation sites excluding steroid dienone is 1. The quantitative estimate of drug-likeness (QED) is 0.248. The van der Waals surface area contributed by atoms with Crippen molar-refractivity contribution in [3.05, 3.63) is 11.6 Å². The van der Waals surface area contributed by atoms with Crippen LogP contribution in [-0.2, 0) is 9.53 Å². The molecule has 0 heterocycles. The molecule has 6 heteroatoms. The van der Waals surface area contributed by atoms with Crippen LogP contribution in [0.1, 0.15) is 112 Å². The molecule has 0 aliphatic heterocycles. The molecule has 4 rings (SSSR count). The molecule has 0 aromatic rings. The van der Waals surface area contributed by atoms with Crippen molar-refractivity contribution < 1.29 is 27.8 Å². The highest BCUT2D eigenvalue weighted by molar-refractivity contribution is 5.75. The van der Waals surface area contributed by atoms with Gasteiger partial charge in [-0.2, -0.15) is 13.2 Å². The van der Waals surface area contributed by atoms with E-state index in [0.717, 1.165) is 42.4 Å². The minimum absolute atomic E-state index is 0.0328. The van der Waals surface area contributed by atoms with Crippen LogP contribution in [0.2, 0.25) is 0 Å². The van der Waals surface area contributed by atoms with Crippen molar-refractivity contribution in [1.29, 1.82) is 0 Å². The van der Waals surface area contributed by atoms with Crippen LogP contribution >= 0.6 is 0 Å². The van der Waals surface area contributed by atoms with E-state index < -0.39 is 24.4 Å². The van der Waals surface area contributed by atoms with Crippen LogP contribution in [0.25, 0.3) is 0 Å². The Balaban J connectivity index is 1.42. The summed E-state index contributed by atoms with van der Waals surface area (Å²) in [5.74, 6) is 3.58. The lowest BCUT2D eigenvalue weighted by atomic mass is 9.47. The Morgan fingerprint density at radius 3 is 2.42 bits per heavy atom. The van der Waals surface area contributed by atoms with E-state index in [2.05, 4.69) is 47.6 Å². The number of carbonyl (C=O) groups is 1. The molecule has 10 atom stereocenters. The van der Waals surface area contributed by atoms with Gasteiger partial charge in [0.1, 0.15) is 6.10 Å². The van der Waals surface area contributed by atoms with Crippen molar-refractivity contribution in [3.8, 4) is 0 Å². The number of halogens is 3. The lowest BCUT2D eigenvalue weighted by Gasteiger charge is -2.58. The number of ether oxygens (including phenoxy) is 1. The van der Waals surface area contributed by atoms with Gasteiger partial charge >= 0.3 is 12.1 Å². The number of fused-ring (bicyclic) bond motifs is 5. The Labute approximate surface area is 228 Å². The number of carbonyl (C=O) groups excluding carboxylic acids is 1. The minimum atomic E-state index is -4.99. The summed E-state index contributed by atoms with van der Waals surface area (Å²) in [6, 6.07) is 0. The molecule has 3 nitrogen and oxygen atoms in total. The fourth-order valence-corrected chi connectivity index (χ4v) is 9.75. The summed E-state index contributed by atoms with van der Waals surface area (Å²) in [4.78, 5) is 11.9. The summed E-state index contributed by atoms with van der Waals surface area (Å²) < 4.78 is 43.4. The molecule has 4 aliphatic rings. The minimum Gasteiger partial charge on any atom is -0.460 e. The standard InChI is InChI=1S/C32H51F3O3/c1-7-21(19(2)3)9-8-20(4)25-12-13-26-24-11-10-22-18-23(38-29(37)28(36)32(33,34)35)14-16-30(22,5)27(24)15-17-31(25,26)6/h10,19-21,23-28,36H,7-9,11-18H2,1-6H3/t20-,21-,23+,24+,25-,26+,27+,28?,30+,31-/m1/s1. The Kier molecular flexibility index (Phi) is 8.73. The number of hydrogen-bond donors (Lipinski definition) is 1. The second-order valence-electron chi connectivity index (χ2n) is 14.2. The predicted octanol–water partition coefficient (Wildman–Crippen LogP) is 8.50. The summed E-state index contributed by atoms with van der Waals surface area (Å²) >= 11 is 0. The summed E-state index contributed by atoms with van der Waals surface area (Å²) in [6.45, 7) is 14.5. The van der Waals surface area contributed by atoms with Gasteiger partial charge in [-0.3, -0.25) is 0 Å². The van der Waals surface area contributed by atoms with Crippen molar-refractivity contribution in [1.82, 2.24) is 0 Å². The van der Waals surface area contributed by atoms with E-state index in [0.29, 0.717) is 30.1 Å². The molecule has 218 valence electrons. The Morgan fingerprint density at radius 2 is 1.79 bits per heavy atom. The summed E-state index contributed by atoms with van der Waals surface area (Å²) in [7, 11) is 0. The first-order chi connectivity index (χ1) is 17.7.